The predicted molar refractivity (Wildman–Crippen MR) is 83.8 cm³/mol. The molecular formula is C15H17ClN4O3. The molecule has 0 bridgehead atoms. The molecule has 5 amide bonds. The van der Waals surface area contributed by atoms with Crippen LogP contribution in [0.15, 0.2) is 18.2 Å². The van der Waals surface area contributed by atoms with Gasteiger partial charge in [-0.05, 0) is 24.1 Å². The number of benzene rings is 1. The predicted octanol–water partition coefficient (Wildman–Crippen LogP) is 1.18. The first-order chi connectivity index (χ1) is 10.9. The number of urea groups is 2. The molecule has 2 saturated heterocycles. The van der Waals surface area contributed by atoms with E-state index in [1.54, 1.807) is 6.07 Å². The van der Waals surface area contributed by atoms with E-state index in [4.69, 9.17) is 17.3 Å². The summed E-state index contributed by atoms with van der Waals surface area (Å²) in [6.45, 7) is 2.79. The number of carbonyl (C=O) groups excluding carboxylic acids is 3. The SMILES string of the molecule is Cc1cccc(Cl)c1CN1C(=O)C2CN(C(N)=O)CCN2C1=O. The lowest BCUT2D eigenvalue weighted by Crippen LogP contribution is -2.55. The van der Waals surface area contributed by atoms with Crippen LogP contribution in [0.1, 0.15) is 11.1 Å². The Morgan fingerprint density at radius 2 is 2.09 bits per heavy atom. The van der Waals surface area contributed by atoms with Crippen molar-refractivity contribution in [3.8, 4) is 0 Å². The van der Waals surface area contributed by atoms with Gasteiger partial charge in [-0.2, -0.15) is 0 Å². The summed E-state index contributed by atoms with van der Waals surface area (Å²) in [6.07, 6.45) is 0. The van der Waals surface area contributed by atoms with Crippen LogP contribution in [0, 0.1) is 6.92 Å². The molecule has 0 spiro atoms. The van der Waals surface area contributed by atoms with Crippen molar-refractivity contribution < 1.29 is 14.4 Å². The van der Waals surface area contributed by atoms with E-state index in [0.29, 0.717) is 18.1 Å². The summed E-state index contributed by atoms with van der Waals surface area (Å²) in [5.41, 5.74) is 6.94. The van der Waals surface area contributed by atoms with Crippen LogP contribution in [0.5, 0.6) is 0 Å². The van der Waals surface area contributed by atoms with Gasteiger partial charge >= 0.3 is 12.1 Å². The second-order valence-corrected chi connectivity index (χ2v) is 6.14. The van der Waals surface area contributed by atoms with E-state index < -0.39 is 12.1 Å². The van der Waals surface area contributed by atoms with Crippen molar-refractivity contribution in [1.82, 2.24) is 14.7 Å². The highest BCUT2D eigenvalue weighted by atomic mass is 35.5. The van der Waals surface area contributed by atoms with Crippen molar-refractivity contribution in [3.05, 3.63) is 34.3 Å². The second-order valence-electron chi connectivity index (χ2n) is 5.74. The first-order valence-corrected chi connectivity index (χ1v) is 7.68. The Labute approximate surface area is 138 Å². The first-order valence-electron chi connectivity index (χ1n) is 7.30. The highest BCUT2D eigenvalue weighted by Gasteiger charge is 2.48. The third-order valence-electron chi connectivity index (χ3n) is 4.39. The van der Waals surface area contributed by atoms with Gasteiger partial charge in [-0.1, -0.05) is 23.7 Å². The standard InChI is InChI=1S/C15H17ClN4O3/c1-9-3-2-4-11(16)10(9)7-20-13(21)12-8-18(14(17)22)5-6-19(12)15(20)23/h2-4,12H,5-8H2,1H3,(H2,17,22). The van der Waals surface area contributed by atoms with Gasteiger partial charge in [-0.25, -0.2) is 9.59 Å². The number of piperazine rings is 1. The maximum absolute atomic E-state index is 12.6. The van der Waals surface area contributed by atoms with E-state index in [9.17, 15) is 14.4 Å². The topological polar surface area (TPSA) is 87.0 Å². The third-order valence-corrected chi connectivity index (χ3v) is 4.74. The van der Waals surface area contributed by atoms with Gasteiger partial charge < -0.3 is 15.5 Å². The van der Waals surface area contributed by atoms with Crippen molar-refractivity contribution in [2.75, 3.05) is 19.6 Å². The Kier molecular flexibility index (Phi) is 3.89. The maximum Gasteiger partial charge on any atom is 0.327 e. The van der Waals surface area contributed by atoms with Crippen LogP contribution in [0.3, 0.4) is 0 Å². The number of nitrogens with zero attached hydrogens (tertiary/aromatic N) is 3. The Morgan fingerprint density at radius 1 is 1.35 bits per heavy atom. The molecule has 1 aromatic rings. The molecule has 3 rings (SSSR count). The maximum atomic E-state index is 12.6. The summed E-state index contributed by atoms with van der Waals surface area (Å²) in [7, 11) is 0. The van der Waals surface area contributed by atoms with Crippen LogP contribution in [-0.2, 0) is 11.3 Å². The summed E-state index contributed by atoms with van der Waals surface area (Å²) in [6, 6.07) is 3.86. The second kappa shape index (κ2) is 5.73. The molecule has 7 nitrogen and oxygen atoms in total. The van der Waals surface area contributed by atoms with Crippen molar-refractivity contribution in [3.63, 3.8) is 0 Å². The van der Waals surface area contributed by atoms with Gasteiger partial charge in [-0.15, -0.1) is 0 Å². The van der Waals surface area contributed by atoms with E-state index >= 15 is 0 Å². The van der Waals surface area contributed by atoms with Gasteiger partial charge in [0.15, 0.2) is 0 Å². The zero-order valence-electron chi connectivity index (χ0n) is 12.7. The monoisotopic (exact) mass is 336 g/mol. The van der Waals surface area contributed by atoms with Gasteiger partial charge in [0.05, 0.1) is 13.1 Å². The lowest BCUT2D eigenvalue weighted by molar-refractivity contribution is -0.129. The van der Waals surface area contributed by atoms with E-state index in [-0.39, 0.29) is 25.0 Å². The number of halogens is 1. The zero-order valence-corrected chi connectivity index (χ0v) is 13.4. The van der Waals surface area contributed by atoms with Crippen molar-refractivity contribution in [2.45, 2.75) is 19.5 Å². The number of fused-ring (bicyclic) bond motifs is 1. The molecule has 2 aliphatic heterocycles. The summed E-state index contributed by atoms with van der Waals surface area (Å²) in [5, 5.41) is 0.522. The van der Waals surface area contributed by atoms with Crippen LogP contribution in [0.2, 0.25) is 5.02 Å². The average molecular weight is 337 g/mol. The molecule has 8 heteroatoms. The molecule has 0 radical (unpaired) electrons. The molecule has 2 heterocycles. The number of hydrogen-bond acceptors (Lipinski definition) is 3. The quantitative estimate of drug-likeness (QED) is 0.822. The van der Waals surface area contributed by atoms with Crippen LogP contribution in [-0.4, -0.2) is 58.3 Å². The number of aryl methyl sites for hydroxylation is 1. The fraction of sp³-hybridized carbons (Fsp3) is 0.400. The minimum absolute atomic E-state index is 0.132. The van der Waals surface area contributed by atoms with E-state index in [0.717, 1.165) is 11.1 Å². The number of imide groups is 1. The molecule has 2 fully saturated rings. The number of amides is 5. The third kappa shape index (κ3) is 2.61. The van der Waals surface area contributed by atoms with Crippen LogP contribution >= 0.6 is 11.6 Å². The number of rotatable bonds is 2. The summed E-state index contributed by atoms with van der Waals surface area (Å²) in [5.74, 6) is -0.319. The lowest BCUT2D eigenvalue weighted by Gasteiger charge is -2.34. The van der Waals surface area contributed by atoms with Crippen LogP contribution in [0.25, 0.3) is 0 Å². The van der Waals surface area contributed by atoms with E-state index in [1.165, 1.54) is 14.7 Å². The van der Waals surface area contributed by atoms with Gasteiger partial charge in [0.25, 0.3) is 5.91 Å². The highest BCUT2D eigenvalue weighted by Crippen LogP contribution is 2.27. The zero-order chi connectivity index (χ0) is 16.7. The molecule has 0 aromatic heterocycles. The highest BCUT2D eigenvalue weighted by molar-refractivity contribution is 6.31. The van der Waals surface area contributed by atoms with Crippen molar-refractivity contribution >= 4 is 29.6 Å². The summed E-state index contributed by atoms with van der Waals surface area (Å²) in [4.78, 5) is 40.5. The minimum Gasteiger partial charge on any atom is -0.351 e. The molecule has 23 heavy (non-hydrogen) atoms. The smallest absolute Gasteiger partial charge is 0.327 e. The van der Waals surface area contributed by atoms with Crippen LogP contribution < -0.4 is 5.73 Å². The first kappa shape index (κ1) is 15.6. The fourth-order valence-electron chi connectivity index (χ4n) is 3.02. The Hall–Kier alpha value is -2.28. The van der Waals surface area contributed by atoms with Crippen molar-refractivity contribution in [2.24, 2.45) is 5.73 Å². The molecular weight excluding hydrogens is 320 g/mol. The normalized spacial score (nSPS) is 21.0. The molecule has 0 aliphatic carbocycles. The van der Waals surface area contributed by atoms with Gasteiger partial charge in [-0.3, -0.25) is 9.69 Å². The van der Waals surface area contributed by atoms with Gasteiger partial charge in [0.2, 0.25) is 0 Å². The molecule has 2 N–H and O–H groups in total. The molecule has 122 valence electrons. The molecule has 1 unspecified atom stereocenters. The Balaban J connectivity index is 1.84. The van der Waals surface area contributed by atoms with E-state index in [2.05, 4.69) is 0 Å². The molecule has 2 aliphatic rings. The molecule has 1 aromatic carbocycles. The van der Waals surface area contributed by atoms with Crippen LogP contribution in [0.4, 0.5) is 9.59 Å². The largest absolute Gasteiger partial charge is 0.351 e. The minimum atomic E-state index is -0.661. The summed E-state index contributed by atoms with van der Waals surface area (Å²) < 4.78 is 0. The summed E-state index contributed by atoms with van der Waals surface area (Å²) >= 11 is 6.19. The number of nitrogens with two attached hydrogens (primary N) is 1. The number of hydrogen-bond donors (Lipinski definition) is 1. The number of carbonyl (C=O) groups is 3. The molecule has 0 saturated carbocycles. The van der Waals surface area contributed by atoms with Gasteiger partial charge in [0.1, 0.15) is 6.04 Å². The average Bonchev–Trinajstić information content (AvgIpc) is 2.75. The number of primary amides is 1. The Morgan fingerprint density at radius 3 is 2.74 bits per heavy atom. The lowest BCUT2D eigenvalue weighted by atomic mass is 10.1. The fourth-order valence-corrected chi connectivity index (χ4v) is 3.30. The van der Waals surface area contributed by atoms with Crippen molar-refractivity contribution in [1.29, 1.82) is 0 Å². The molecule has 1 atom stereocenters. The Bertz CT molecular complexity index is 673. The van der Waals surface area contributed by atoms with Gasteiger partial charge in [0, 0.05) is 18.1 Å². The van der Waals surface area contributed by atoms with E-state index in [1.807, 2.05) is 19.1 Å².